The number of amides is 2. The molecule has 0 saturated carbocycles. The maximum absolute atomic E-state index is 12.9. The van der Waals surface area contributed by atoms with Crippen LogP contribution in [-0.4, -0.2) is 24.7 Å². The van der Waals surface area contributed by atoms with E-state index in [1.54, 1.807) is 19.2 Å². The number of anilines is 2. The quantitative estimate of drug-likeness (QED) is 0.506. The molecule has 0 bridgehead atoms. The first-order valence-corrected chi connectivity index (χ1v) is 11.2. The van der Waals surface area contributed by atoms with Gasteiger partial charge in [-0.1, -0.05) is 24.3 Å². The molecule has 1 aliphatic carbocycles. The van der Waals surface area contributed by atoms with Crippen LogP contribution in [0.3, 0.4) is 0 Å². The van der Waals surface area contributed by atoms with E-state index in [0.29, 0.717) is 17.0 Å². The van der Waals surface area contributed by atoms with Crippen LogP contribution in [0, 0.1) is 0 Å². The Balaban J connectivity index is 1.39. The molecule has 5 nitrogen and oxygen atoms in total. The largest absolute Gasteiger partial charge is 0.497 e. The fourth-order valence-corrected chi connectivity index (χ4v) is 4.52. The van der Waals surface area contributed by atoms with Crippen molar-refractivity contribution in [2.24, 2.45) is 0 Å². The minimum Gasteiger partial charge on any atom is -0.497 e. The maximum atomic E-state index is 12.9. The van der Waals surface area contributed by atoms with Crippen LogP contribution in [0.1, 0.15) is 27.9 Å². The molecule has 1 aliphatic rings. The standard InChI is InChI=1S/C25H24N2O3S/c1-30-21-9-5-8-19(15-21)26-24(28)16-31-23-11-3-2-10-22(23)25(29)27-20-13-12-17-6-4-7-18(17)14-20/h2-3,5,8-15H,4,6-7,16H2,1H3,(H,26,28)(H,27,29). The number of fused-ring (bicyclic) bond motifs is 1. The summed E-state index contributed by atoms with van der Waals surface area (Å²) >= 11 is 1.34. The average Bonchev–Trinajstić information content (AvgIpc) is 3.26. The van der Waals surface area contributed by atoms with E-state index in [1.165, 1.54) is 29.3 Å². The normalized spacial score (nSPS) is 12.2. The minimum absolute atomic E-state index is 0.146. The lowest BCUT2D eigenvalue weighted by molar-refractivity contribution is -0.113. The number of benzene rings is 3. The van der Waals surface area contributed by atoms with Crippen molar-refractivity contribution < 1.29 is 14.3 Å². The number of carbonyl (C=O) groups excluding carboxylic acids is 2. The van der Waals surface area contributed by atoms with E-state index in [2.05, 4.69) is 22.8 Å². The summed E-state index contributed by atoms with van der Waals surface area (Å²) in [5, 5.41) is 5.86. The fraction of sp³-hybridized carbons (Fsp3) is 0.200. The number of ether oxygens (including phenoxy) is 1. The van der Waals surface area contributed by atoms with E-state index in [1.807, 2.05) is 42.5 Å². The van der Waals surface area contributed by atoms with Gasteiger partial charge in [0.05, 0.1) is 18.4 Å². The number of hydrogen-bond acceptors (Lipinski definition) is 4. The van der Waals surface area contributed by atoms with Crippen molar-refractivity contribution in [3.63, 3.8) is 0 Å². The van der Waals surface area contributed by atoms with Crippen molar-refractivity contribution in [1.29, 1.82) is 0 Å². The van der Waals surface area contributed by atoms with Gasteiger partial charge in [0.2, 0.25) is 5.91 Å². The van der Waals surface area contributed by atoms with Crippen LogP contribution in [0.15, 0.2) is 71.6 Å². The zero-order valence-electron chi connectivity index (χ0n) is 17.3. The summed E-state index contributed by atoms with van der Waals surface area (Å²) in [6, 6.07) is 20.7. The number of hydrogen-bond donors (Lipinski definition) is 2. The lowest BCUT2D eigenvalue weighted by atomic mass is 10.1. The third kappa shape index (κ3) is 5.27. The molecule has 0 radical (unpaired) electrons. The molecule has 0 unspecified atom stereocenters. The van der Waals surface area contributed by atoms with Crippen molar-refractivity contribution in [3.05, 3.63) is 83.4 Å². The Morgan fingerprint density at radius 2 is 1.71 bits per heavy atom. The summed E-state index contributed by atoms with van der Waals surface area (Å²) in [5.41, 5.74) is 4.72. The van der Waals surface area contributed by atoms with Crippen molar-refractivity contribution >= 4 is 35.0 Å². The van der Waals surface area contributed by atoms with Gasteiger partial charge < -0.3 is 15.4 Å². The number of nitrogens with one attached hydrogen (secondary N) is 2. The second-order valence-electron chi connectivity index (χ2n) is 7.36. The third-order valence-electron chi connectivity index (χ3n) is 5.20. The molecule has 0 heterocycles. The molecule has 0 spiro atoms. The fourth-order valence-electron chi connectivity index (χ4n) is 3.67. The summed E-state index contributed by atoms with van der Waals surface area (Å²) < 4.78 is 5.18. The van der Waals surface area contributed by atoms with E-state index < -0.39 is 0 Å². The Morgan fingerprint density at radius 1 is 0.903 bits per heavy atom. The number of rotatable bonds is 7. The lowest BCUT2D eigenvalue weighted by Crippen LogP contribution is -2.16. The van der Waals surface area contributed by atoms with Crippen LogP contribution >= 0.6 is 11.8 Å². The molecular weight excluding hydrogens is 408 g/mol. The minimum atomic E-state index is -0.172. The van der Waals surface area contributed by atoms with Crippen molar-refractivity contribution in [1.82, 2.24) is 0 Å². The van der Waals surface area contributed by atoms with Gasteiger partial charge >= 0.3 is 0 Å². The summed E-state index contributed by atoms with van der Waals surface area (Å²) in [5.74, 6) is 0.556. The Hall–Kier alpha value is -3.25. The molecule has 31 heavy (non-hydrogen) atoms. The van der Waals surface area contributed by atoms with E-state index in [9.17, 15) is 9.59 Å². The molecule has 2 N–H and O–H groups in total. The molecule has 0 aromatic heterocycles. The SMILES string of the molecule is COc1cccc(NC(=O)CSc2ccccc2C(=O)Nc2ccc3c(c2)CCC3)c1. The van der Waals surface area contributed by atoms with E-state index in [-0.39, 0.29) is 17.6 Å². The van der Waals surface area contributed by atoms with E-state index >= 15 is 0 Å². The smallest absolute Gasteiger partial charge is 0.256 e. The molecular formula is C25H24N2O3S. The molecule has 0 atom stereocenters. The molecule has 6 heteroatoms. The highest BCUT2D eigenvalue weighted by Crippen LogP contribution is 2.27. The Labute approximate surface area is 186 Å². The van der Waals surface area contributed by atoms with Gasteiger partial charge in [-0.3, -0.25) is 9.59 Å². The first-order valence-electron chi connectivity index (χ1n) is 10.2. The number of methoxy groups -OCH3 is 1. The molecule has 0 aliphatic heterocycles. The molecule has 4 rings (SSSR count). The van der Waals surface area contributed by atoms with Crippen LogP contribution in [0.5, 0.6) is 5.75 Å². The van der Waals surface area contributed by atoms with E-state index in [0.717, 1.165) is 23.4 Å². The van der Waals surface area contributed by atoms with Gasteiger partial charge in [0.1, 0.15) is 5.75 Å². The molecule has 158 valence electrons. The highest BCUT2D eigenvalue weighted by atomic mass is 32.2. The summed E-state index contributed by atoms with van der Waals surface area (Å²) in [7, 11) is 1.58. The number of aryl methyl sites for hydroxylation is 2. The van der Waals surface area contributed by atoms with Gasteiger partial charge in [0.15, 0.2) is 0 Å². The van der Waals surface area contributed by atoms with Crippen LogP contribution < -0.4 is 15.4 Å². The second-order valence-corrected chi connectivity index (χ2v) is 8.37. The van der Waals surface area contributed by atoms with Gasteiger partial charge in [-0.15, -0.1) is 11.8 Å². The Bertz CT molecular complexity index is 1110. The van der Waals surface area contributed by atoms with Crippen molar-refractivity contribution in [2.75, 3.05) is 23.5 Å². The monoisotopic (exact) mass is 432 g/mol. The van der Waals surface area contributed by atoms with Crippen LogP contribution in [-0.2, 0) is 17.6 Å². The molecule has 2 amide bonds. The summed E-state index contributed by atoms with van der Waals surface area (Å²) in [6.45, 7) is 0. The highest BCUT2D eigenvalue weighted by Gasteiger charge is 2.15. The number of carbonyl (C=O) groups is 2. The maximum Gasteiger partial charge on any atom is 0.256 e. The van der Waals surface area contributed by atoms with Gasteiger partial charge in [-0.25, -0.2) is 0 Å². The topological polar surface area (TPSA) is 67.4 Å². The van der Waals surface area contributed by atoms with Gasteiger partial charge in [0.25, 0.3) is 5.91 Å². The molecule has 3 aromatic rings. The predicted molar refractivity (Wildman–Crippen MR) is 125 cm³/mol. The zero-order valence-corrected chi connectivity index (χ0v) is 18.1. The molecule has 0 saturated heterocycles. The zero-order chi connectivity index (χ0) is 21.6. The third-order valence-corrected chi connectivity index (χ3v) is 6.27. The predicted octanol–water partition coefficient (Wildman–Crippen LogP) is 5.17. The first-order chi connectivity index (χ1) is 15.1. The Kier molecular flexibility index (Phi) is 6.57. The highest BCUT2D eigenvalue weighted by molar-refractivity contribution is 8.00. The van der Waals surface area contributed by atoms with Crippen molar-refractivity contribution in [2.45, 2.75) is 24.2 Å². The number of thioether (sulfide) groups is 1. The van der Waals surface area contributed by atoms with Crippen LogP contribution in [0.25, 0.3) is 0 Å². The van der Waals surface area contributed by atoms with Gasteiger partial charge in [-0.2, -0.15) is 0 Å². The molecule has 3 aromatic carbocycles. The Morgan fingerprint density at radius 3 is 2.58 bits per heavy atom. The second kappa shape index (κ2) is 9.71. The van der Waals surface area contributed by atoms with Crippen LogP contribution in [0.4, 0.5) is 11.4 Å². The van der Waals surface area contributed by atoms with E-state index in [4.69, 9.17) is 4.74 Å². The lowest BCUT2D eigenvalue weighted by Gasteiger charge is -2.11. The van der Waals surface area contributed by atoms with Crippen molar-refractivity contribution in [3.8, 4) is 5.75 Å². The van der Waals surface area contributed by atoms with Gasteiger partial charge in [0, 0.05) is 22.3 Å². The average molecular weight is 433 g/mol. The first kappa shape index (κ1) is 21.0. The summed E-state index contributed by atoms with van der Waals surface area (Å²) in [4.78, 5) is 26.1. The van der Waals surface area contributed by atoms with Crippen LogP contribution in [0.2, 0.25) is 0 Å². The summed E-state index contributed by atoms with van der Waals surface area (Å²) in [6.07, 6.45) is 3.35. The molecule has 0 fully saturated rings. The van der Waals surface area contributed by atoms with Gasteiger partial charge in [-0.05, 0) is 66.8 Å².